The van der Waals surface area contributed by atoms with E-state index in [1.165, 1.54) is 146 Å². The van der Waals surface area contributed by atoms with Crippen LogP contribution in [-0.2, 0) is 6.42 Å². The molecule has 0 aromatic heterocycles. The Morgan fingerprint density at radius 3 is 0.620 bits per heavy atom. The van der Waals surface area contributed by atoms with Crippen LogP contribution in [0.25, 0.3) is 43.1 Å². The predicted octanol–water partition coefficient (Wildman–Crippen LogP) is 20.4. The zero-order chi connectivity index (χ0) is 74.0. The van der Waals surface area contributed by atoms with E-state index in [1.807, 2.05) is 0 Å². The van der Waals surface area contributed by atoms with Crippen LogP contribution in [0.4, 0.5) is 129 Å². The lowest BCUT2D eigenvalue weighted by molar-refractivity contribution is -0.833. The van der Waals surface area contributed by atoms with Gasteiger partial charge in [-0.1, -0.05) is 116 Å². The van der Waals surface area contributed by atoms with Crippen LogP contribution < -0.4 is 26.8 Å². The second kappa shape index (κ2) is 32.0. The van der Waals surface area contributed by atoms with Crippen LogP contribution in [-0.4, -0.2) is 19.2 Å². The second-order valence-corrected chi connectivity index (χ2v) is 24.2. The van der Waals surface area contributed by atoms with Crippen LogP contribution in [0, 0.1) is 163 Å². The van der Waals surface area contributed by atoms with E-state index in [-0.39, 0.29) is 0 Å². The minimum absolute atomic E-state index is 1.24. The van der Waals surface area contributed by atoms with Crippen molar-refractivity contribution in [1.82, 2.24) is 0 Å². The normalized spacial score (nSPS) is 12.1. The lowest BCUT2D eigenvalue weighted by Crippen LogP contribution is -3.07. The van der Waals surface area contributed by atoms with Gasteiger partial charge in [0.25, 0.3) is 0 Å². The molecule has 540 valence electrons. The minimum Gasteiger partial charge on any atom is -0.302 e. The highest BCUT2D eigenvalue weighted by molar-refractivity contribution is 7.23. The summed E-state index contributed by atoms with van der Waals surface area (Å²) in [7, 11) is 0. The molecule has 30 heteroatoms. The fourth-order valence-corrected chi connectivity index (χ4v) is 13.2. The summed E-state index contributed by atoms with van der Waals surface area (Å²) in [6, 6.07) is 9.64. The number of benzene rings is 9. The van der Waals surface area contributed by atoms with Gasteiger partial charge in [-0.05, 0) is 77.8 Å². The number of quaternary nitrogens is 1. The molecule has 0 spiro atoms. The first-order valence-electron chi connectivity index (χ1n) is 31.7. The molecule has 9 aromatic rings. The molecule has 0 heterocycles. The molecule has 0 radical (unpaired) electrons. The second-order valence-electron chi connectivity index (χ2n) is 24.2. The third-order valence-electron chi connectivity index (χ3n) is 18.1. The Kier molecular flexibility index (Phi) is 24.9. The van der Waals surface area contributed by atoms with E-state index in [1.54, 1.807) is 4.90 Å². The van der Waals surface area contributed by atoms with E-state index in [0.717, 1.165) is 0 Å². The Morgan fingerprint density at radius 2 is 0.400 bits per heavy atom. The largest absolute Gasteiger partial charge is 0.302 e. The zero-order valence-electron chi connectivity index (χ0n) is 52.8. The summed E-state index contributed by atoms with van der Waals surface area (Å²) in [6.45, 7) is 9.54. The van der Waals surface area contributed by atoms with Gasteiger partial charge in [-0.15, -0.1) is 21.9 Å². The van der Waals surface area contributed by atoms with E-state index in [2.05, 4.69) is 45.0 Å². The quantitative estimate of drug-likeness (QED) is 0.0181. The van der Waals surface area contributed by atoms with Crippen LogP contribution in [0.5, 0.6) is 0 Å². The Hall–Kier alpha value is -7.92. The van der Waals surface area contributed by atoms with Crippen molar-refractivity contribution in [3.8, 4) is 0 Å². The summed E-state index contributed by atoms with van der Waals surface area (Å²) >= 11 is 0. The van der Waals surface area contributed by atoms with Gasteiger partial charge in [0.1, 0.15) is 35.1 Å². The van der Waals surface area contributed by atoms with Crippen molar-refractivity contribution in [2.24, 2.45) is 0 Å². The molecule has 0 fully saturated rings. The zero-order valence-corrected chi connectivity index (χ0v) is 52.8. The van der Waals surface area contributed by atoms with E-state index < -0.39 is 234 Å². The maximum Gasteiger partial charge on any atom is 0.198 e. The van der Waals surface area contributed by atoms with E-state index in [4.69, 9.17) is 0 Å². The third kappa shape index (κ3) is 13.5. The first kappa shape index (κ1) is 77.8. The average molecular weight is 1450 g/mol. The fraction of sp³-hybridized carbons (Fsp3) is 0.343. The van der Waals surface area contributed by atoms with Gasteiger partial charge in [-0.2, -0.15) is 0 Å². The lowest BCUT2D eigenvalue weighted by atomic mass is 9.11. The predicted molar refractivity (Wildman–Crippen MR) is 320 cm³/mol. The van der Waals surface area contributed by atoms with Crippen LogP contribution in [0.3, 0.4) is 0 Å². The van der Waals surface area contributed by atoms with Gasteiger partial charge in [0.15, 0.2) is 140 Å². The van der Waals surface area contributed by atoms with E-state index >= 15 is 105 Å². The van der Waals surface area contributed by atoms with Gasteiger partial charge in [0.2, 0.25) is 0 Å². The summed E-state index contributed by atoms with van der Waals surface area (Å²) in [5.41, 5.74) is -12.4. The highest BCUT2D eigenvalue weighted by Crippen LogP contribution is 2.42. The number of fused-ring (bicyclic) bond motifs is 4. The number of aryl methyl sites for hydroxylation is 1. The van der Waals surface area contributed by atoms with Crippen molar-refractivity contribution < 1.29 is 128 Å². The molecule has 1 N–H and O–H groups in total. The Balaban J connectivity index is 0.000000345. The van der Waals surface area contributed by atoms with Crippen LogP contribution in [0.1, 0.15) is 142 Å². The summed E-state index contributed by atoms with van der Waals surface area (Å²) in [5, 5.41) is -27.0. The van der Waals surface area contributed by atoms with Crippen LogP contribution in [0.15, 0.2) is 24.3 Å². The molecule has 100 heavy (non-hydrogen) atoms. The molecular formula is C70H56BF28N. The van der Waals surface area contributed by atoms with Gasteiger partial charge >= 0.3 is 0 Å². The summed E-state index contributed by atoms with van der Waals surface area (Å²) < 4.78 is 446. The molecule has 0 aliphatic rings. The summed E-state index contributed by atoms with van der Waals surface area (Å²) in [6.07, 6.45) is 18.5. The van der Waals surface area contributed by atoms with Crippen molar-refractivity contribution in [3.05, 3.63) is 193 Å². The Labute approximate surface area is 551 Å². The van der Waals surface area contributed by atoms with Gasteiger partial charge in [0, 0.05) is 0 Å². The first-order chi connectivity index (χ1) is 47.3. The van der Waals surface area contributed by atoms with Crippen molar-refractivity contribution in [2.75, 3.05) is 13.1 Å². The molecule has 9 aromatic carbocycles. The molecule has 0 aliphatic heterocycles. The lowest BCUT2D eigenvalue weighted by Gasteiger charge is -2.47. The fourth-order valence-electron chi connectivity index (χ4n) is 13.2. The average Bonchev–Trinajstić information content (AvgIpc) is 0.662. The Morgan fingerprint density at radius 1 is 0.210 bits per heavy atom. The number of halogens is 28. The molecule has 0 aliphatic carbocycles. The number of nitrogens with one attached hydrogen (secondary N) is 1. The highest BCUT2D eigenvalue weighted by Gasteiger charge is 2.52. The van der Waals surface area contributed by atoms with E-state index in [9.17, 15) is 17.6 Å². The van der Waals surface area contributed by atoms with E-state index in [0.29, 0.717) is 0 Å². The molecule has 0 unspecified atom stereocenters. The van der Waals surface area contributed by atoms with Crippen molar-refractivity contribution in [2.45, 2.75) is 143 Å². The van der Waals surface area contributed by atoms with Crippen LogP contribution >= 0.6 is 0 Å². The highest BCUT2D eigenvalue weighted by atomic mass is 19.2. The standard InChI is InChI=1S/C40BF28.C30H55N/c42-13-1-5(21(50)37(66)33(13)62)17(46)29(58)25(54)9(1)41(10-2-6(18(47)30(59)26(10)55)22(51)38(67)34(63)14(2)43,11-3-7(19(48)31(60)27(11)56)23(52)39(68)35(64)15(3)44)12-4-8(20(49)32(61)28(12)57)24(53)40(69)36(65)16(4)45;1-4-7-10-12-14-16-18-20-27-31(28-21-19-17-15-13-11-8-5-2)30-25-23-29(24-26-30)22-9-6-3/h;23-26H,4-22,27-28H2,1-3H3/q-1;/p+1. The number of unbranched alkanes of at least 4 members (excludes halogenated alkanes) is 15. The number of hydrogen-bond acceptors (Lipinski definition) is 0. The van der Waals surface area contributed by atoms with Crippen LogP contribution in [0.2, 0.25) is 0 Å². The number of rotatable bonds is 26. The molecule has 0 atom stereocenters. The van der Waals surface area contributed by atoms with Gasteiger partial charge < -0.3 is 4.90 Å². The molecule has 0 saturated heterocycles. The SMILES string of the molecule is CCCCCCCCCC[NH+](CCCCCCCCCC)c1ccc(CCCC)cc1.Fc1c(F)c(F)c2c([B-](c3c(F)c(F)c(F)c4c(F)c(F)c(F)c(F)c34)(c3c(F)c(F)c(F)c4c(F)c(F)c(F)c(F)c34)c3c(F)c(F)c(F)c4c(F)c(F)c(F)c(F)c34)c(F)c(F)c(F)c2c1F. The van der Waals surface area contributed by atoms with Gasteiger partial charge in [-0.25, -0.2) is 123 Å². The number of hydrogen-bond donors (Lipinski definition) is 1. The summed E-state index contributed by atoms with van der Waals surface area (Å²) in [5.74, 6) is -104. The van der Waals surface area contributed by atoms with Crippen molar-refractivity contribution in [3.63, 3.8) is 0 Å². The molecule has 9 rings (SSSR count). The van der Waals surface area contributed by atoms with Crippen molar-refractivity contribution in [1.29, 1.82) is 0 Å². The molecule has 1 nitrogen and oxygen atoms in total. The minimum atomic E-state index is -8.05. The molecule has 0 bridgehead atoms. The topological polar surface area (TPSA) is 4.44 Å². The maximum absolute atomic E-state index is 17.3. The smallest absolute Gasteiger partial charge is 0.198 e. The maximum atomic E-state index is 17.3. The third-order valence-corrected chi connectivity index (χ3v) is 18.1. The van der Waals surface area contributed by atoms with Gasteiger partial charge in [0.05, 0.1) is 34.6 Å². The molecular weight excluding hydrogens is 1400 g/mol. The van der Waals surface area contributed by atoms with Crippen molar-refractivity contribution >= 4 is 76.8 Å². The van der Waals surface area contributed by atoms with Gasteiger partial charge in [-0.3, -0.25) is 0 Å². The molecule has 0 amide bonds. The summed E-state index contributed by atoms with van der Waals surface area (Å²) in [4.78, 5) is 1.74. The first-order valence-corrected chi connectivity index (χ1v) is 31.7. The monoisotopic (exact) mass is 1450 g/mol. The molecule has 0 saturated carbocycles. The Bertz CT molecular complexity index is 4090.